The smallest absolute Gasteiger partial charge is 0.274 e. The molecule has 0 aromatic carbocycles. The number of aliphatic hydroxyl groups is 1. The van der Waals surface area contributed by atoms with Crippen molar-refractivity contribution in [3.63, 3.8) is 0 Å². The monoisotopic (exact) mass is 265 g/mol. The highest BCUT2D eigenvalue weighted by Gasteiger charge is 2.31. The predicted molar refractivity (Wildman–Crippen MR) is 72.0 cm³/mol. The molecule has 1 saturated carbocycles. The molecule has 6 nitrogen and oxygen atoms in total. The Labute approximate surface area is 112 Å². The number of nitrogens with zero attached hydrogens (tertiary/aromatic N) is 2. The Morgan fingerprint density at radius 1 is 1.58 bits per heavy atom. The Hall–Kier alpha value is -1.69. The topological polar surface area (TPSA) is 88.3 Å². The summed E-state index contributed by atoms with van der Waals surface area (Å²) in [5.41, 5.74) is -0.722. The van der Waals surface area contributed by atoms with Gasteiger partial charge in [-0.2, -0.15) is 0 Å². The first kappa shape index (κ1) is 13.7. The van der Waals surface area contributed by atoms with Gasteiger partial charge in [-0.3, -0.25) is 10.1 Å². The molecule has 1 aromatic rings. The molecule has 0 unspecified atom stereocenters. The van der Waals surface area contributed by atoms with Crippen LogP contribution in [0.5, 0.6) is 0 Å². The van der Waals surface area contributed by atoms with Crippen LogP contribution in [-0.2, 0) is 0 Å². The average molecular weight is 265 g/mol. The standard InChI is InChI=1S/C13H19N3O3/c1-10-2-5-13(17,6-3-10)9-15-12-8-11(16(18)19)4-7-14-12/h4,7-8,10,17H,2-3,5-6,9H2,1H3,(H,14,15). The van der Waals surface area contributed by atoms with Crippen molar-refractivity contribution in [2.45, 2.75) is 38.2 Å². The van der Waals surface area contributed by atoms with E-state index in [0.717, 1.165) is 25.7 Å². The lowest BCUT2D eigenvalue weighted by Gasteiger charge is -2.35. The summed E-state index contributed by atoms with van der Waals surface area (Å²) >= 11 is 0. The van der Waals surface area contributed by atoms with Crippen LogP contribution in [0.2, 0.25) is 0 Å². The van der Waals surface area contributed by atoms with Gasteiger partial charge in [0, 0.05) is 18.8 Å². The zero-order valence-corrected chi connectivity index (χ0v) is 11.0. The summed E-state index contributed by atoms with van der Waals surface area (Å²) in [4.78, 5) is 14.2. The molecule has 1 fully saturated rings. The van der Waals surface area contributed by atoms with E-state index in [0.29, 0.717) is 18.3 Å². The lowest BCUT2D eigenvalue weighted by molar-refractivity contribution is -0.384. The summed E-state index contributed by atoms with van der Waals surface area (Å²) in [7, 11) is 0. The minimum Gasteiger partial charge on any atom is -0.388 e. The Bertz CT molecular complexity index is 456. The van der Waals surface area contributed by atoms with E-state index in [1.54, 1.807) is 0 Å². The second-order valence-corrected chi connectivity index (χ2v) is 5.42. The molecule has 1 heterocycles. The van der Waals surface area contributed by atoms with Gasteiger partial charge in [0.25, 0.3) is 5.69 Å². The van der Waals surface area contributed by atoms with Gasteiger partial charge in [0.2, 0.25) is 0 Å². The third kappa shape index (κ3) is 3.64. The first-order valence-electron chi connectivity index (χ1n) is 6.55. The Morgan fingerprint density at radius 2 is 2.26 bits per heavy atom. The van der Waals surface area contributed by atoms with Crippen LogP contribution in [0.4, 0.5) is 11.5 Å². The normalized spacial score (nSPS) is 26.9. The molecule has 1 aliphatic rings. The summed E-state index contributed by atoms with van der Waals surface area (Å²) in [6, 6.07) is 2.73. The molecular formula is C13H19N3O3. The molecule has 1 aliphatic carbocycles. The van der Waals surface area contributed by atoms with Crippen molar-refractivity contribution in [1.29, 1.82) is 0 Å². The number of aromatic nitrogens is 1. The molecule has 19 heavy (non-hydrogen) atoms. The van der Waals surface area contributed by atoms with Crippen LogP contribution in [-0.4, -0.2) is 27.2 Å². The van der Waals surface area contributed by atoms with Crippen molar-refractivity contribution < 1.29 is 10.0 Å². The summed E-state index contributed by atoms with van der Waals surface area (Å²) < 4.78 is 0. The molecule has 2 rings (SSSR count). The van der Waals surface area contributed by atoms with Crippen molar-refractivity contribution >= 4 is 11.5 Å². The van der Waals surface area contributed by atoms with Crippen LogP contribution in [0.15, 0.2) is 18.3 Å². The lowest BCUT2D eigenvalue weighted by atomic mass is 9.79. The number of nitrogens with one attached hydrogen (secondary N) is 1. The van der Waals surface area contributed by atoms with Crippen LogP contribution >= 0.6 is 0 Å². The van der Waals surface area contributed by atoms with Crippen LogP contribution in [0.25, 0.3) is 0 Å². The Balaban J connectivity index is 1.95. The molecule has 0 radical (unpaired) electrons. The van der Waals surface area contributed by atoms with E-state index >= 15 is 0 Å². The van der Waals surface area contributed by atoms with Crippen molar-refractivity contribution in [1.82, 2.24) is 4.98 Å². The molecule has 0 bridgehead atoms. The summed E-state index contributed by atoms with van der Waals surface area (Å²) in [6.45, 7) is 2.57. The van der Waals surface area contributed by atoms with E-state index < -0.39 is 10.5 Å². The average Bonchev–Trinajstić information content (AvgIpc) is 2.41. The van der Waals surface area contributed by atoms with Gasteiger partial charge in [0.1, 0.15) is 5.82 Å². The van der Waals surface area contributed by atoms with Gasteiger partial charge in [-0.25, -0.2) is 4.98 Å². The Kier molecular flexibility index (Phi) is 3.99. The molecule has 104 valence electrons. The van der Waals surface area contributed by atoms with Gasteiger partial charge in [-0.05, 0) is 31.6 Å². The minimum absolute atomic E-state index is 0.00163. The molecular weight excluding hydrogens is 246 g/mol. The molecule has 0 aliphatic heterocycles. The summed E-state index contributed by atoms with van der Waals surface area (Å²) in [5.74, 6) is 1.09. The van der Waals surface area contributed by atoms with E-state index in [1.807, 2.05) is 0 Å². The number of hydrogen-bond donors (Lipinski definition) is 2. The zero-order valence-electron chi connectivity index (χ0n) is 11.0. The number of hydrogen-bond acceptors (Lipinski definition) is 5. The maximum absolute atomic E-state index is 10.7. The van der Waals surface area contributed by atoms with Gasteiger partial charge in [0.05, 0.1) is 16.6 Å². The van der Waals surface area contributed by atoms with Crippen LogP contribution in [0.1, 0.15) is 32.6 Å². The summed E-state index contributed by atoms with van der Waals surface area (Å²) in [5, 5.41) is 24.1. The minimum atomic E-state index is -0.723. The zero-order chi connectivity index (χ0) is 13.9. The van der Waals surface area contributed by atoms with E-state index in [4.69, 9.17) is 0 Å². The Morgan fingerprint density at radius 3 is 2.89 bits per heavy atom. The number of nitro groups is 1. The van der Waals surface area contributed by atoms with Crippen LogP contribution in [0.3, 0.4) is 0 Å². The SMILES string of the molecule is CC1CCC(O)(CNc2cc([N+](=O)[O-])ccn2)CC1. The second kappa shape index (κ2) is 5.52. The molecule has 1 aromatic heterocycles. The maximum atomic E-state index is 10.7. The third-order valence-electron chi connectivity index (χ3n) is 3.76. The third-order valence-corrected chi connectivity index (χ3v) is 3.76. The fourth-order valence-electron chi connectivity index (χ4n) is 2.36. The highest BCUT2D eigenvalue weighted by atomic mass is 16.6. The predicted octanol–water partition coefficient (Wildman–Crippen LogP) is 2.34. The van der Waals surface area contributed by atoms with Crippen molar-refractivity contribution in [3.05, 3.63) is 28.4 Å². The molecule has 2 N–H and O–H groups in total. The van der Waals surface area contributed by atoms with E-state index in [2.05, 4.69) is 17.2 Å². The molecule has 0 amide bonds. The summed E-state index contributed by atoms with van der Waals surface area (Å²) in [6.07, 6.45) is 4.95. The van der Waals surface area contributed by atoms with Gasteiger partial charge in [-0.1, -0.05) is 6.92 Å². The highest BCUT2D eigenvalue weighted by molar-refractivity contribution is 5.44. The first-order valence-corrected chi connectivity index (χ1v) is 6.55. The van der Waals surface area contributed by atoms with Crippen molar-refractivity contribution in [2.75, 3.05) is 11.9 Å². The van der Waals surface area contributed by atoms with Crippen molar-refractivity contribution in [3.8, 4) is 0 Å². The van der Waals surface area contributed by atoms with E-state index in [9.17, 15) is 15.2 Å². The van der Waals surface area contributed by atoms with Gasteiger partial charge in [0.15, 0.2) is 0 Å². The molecule has 0 atom stereocenters. The second-order valence-electron chi connectivity index (χ2n) is 5.42. The fourth-order valence-corrected chi connectivity index (χ4v) is 2.36. The molecule has 0 saturated heterocycles. The highest BCUT2D eigenvalue weighted by Crippen LogP contribution is 2.31. The van der Waals surface area contributed by atoms with Gasteiger partial charge >= 0.3 is 0 Å². The number of rotatable bonds is 4. The van der Waals surface area contributed by atoms with E-state index in [1.165, 1.54) is 18.3 Å². The number of anilines is 1. The molecule has 6 heteroatoms. The number of pyridine rings is 1. The van der Waals surface area contributed by atoms with Crippen LogP contribution < -0.4 is 5.32 Å². The largest absolute Gasteiger partial charge is 0.388 e. The fraction of sp³-hybridized carbons (Fsp3) is 0.615. The lowest BCUT2D eigenvalue weighted by Crippen LogP contribution is -2.40. The maximum Gasteiger partial charge on any atom is 0.274 e. The van der Waals surface area contributed by atoms with Crippen LogP contribution in [0, 0.1) is 16.0 Å². The molecule has 0 spiro atoms. The van der Waals surface area contributed by atoms with Gasteiger partial charge < -0.3 is 10.4 Å². The first-order chi connectivity index (χ1) is 8.98. The van der Waals surface area contributed by atoms with Crippen molar-refractivity contribution in [2.24, 2.45) is 5.92 Å². The van der Waals surface area contributed by atoms with Gasteiger partial charge in [-0.15, -0.1) is 0 Å². The van der Waals surface area contributed by atoms with E-state index in [-0.39, 0.29) is 5.69 Å². The quantitative estimate of drug-likeness (QED) is 0.644.